The van der Waals surface area contributed by atoms with Crippen molar-refractivity contribution in [2.24, 2.45) is 0 Å². The van der Waals surface area contributed by atoms with Crippen LogP contribution in [0.2, 0.25) is 0 Å². The second kappa shape index (κ2) is 4.86. The first-order valence-electron chi connectivity index (χ1n) is 3.62. The predicted molar refractivity (Wildman–Crippen MR) is 48.0 cm³/mol. The minimum Gasteiger partial charge on any atom is -0.378 e. The fourth-order valence-corrected chi connectivity index (χ4v) is 1.62. The van der Waals surface area contributed by atoms with E-state index in [1.54, 1.807) is 18.4 Å². The molecule has 0 fully saturated rings. The monoisotopic (exact) mass is 182 g/mol. The van der Waals surface area contributed by atoms with E-state index < -0.39 is 0 Å². The summed E-state index contributed by atoms with van der Waals surface area (Å²) < 4.78 is 4.93. The van der Waals surface area contributed by atoms with Gasteiger partial charge in [-0.3, -0.25) is 0 Å². The molecule has 0 saturated heterocycles. The highest BCUT2D eigenvalue weighted by molar-refractivity contribution is 7.09. The van der Waals surface area contributed by atoms with Gasteiger partial charge in [-0.2, -0.15) is 0 Å². The van der Waals surface area contributed by atoms with Gasteiger partial charge in [-0.05, 0) is 0 Å². The molecule has 1 aromatic rings. The van der Waals surface area contributed by atoms with Crippen LogP contribution >= 0.6 is 11.3 Å². The first-order chi connectivity index (χ1) is 5.86. The smallest absolute Gasteiger partial charge is 0.220 e. The highest BCUT2D eigenvalue weighted by Gasteiger charge is 2.01. The molecule has 0 bridgehead atoms. The number of rotatable bonds is 4. The molecule has 12 heavy (non-hydrogen) atoms. The standard InChI is InChI=1S/C8H10N2OS/c1-9-4-3-7-6-12-8(10-7)5-11-2/h6H,3-5H2,2H3. The molecule has 0 aromatic carbocycles. The van der Waals surface area contributed by atoms with Crippen molar-refractivity contribution in [2.75, 3.05) is 13.7 Å². The maximum Gasteiger partial charge on any atom is 0.220 e. The SMILES string of the molecule is [C-]#[N+]CCc1csc(COC)n1. The number of hydrogen-bond donors (Lipinski definition) is 0. The van der Waals surface area contributed by atoms with Crippen LogP contribution in [0.15, 0.2) is 5.38 Å². The molecule has 3 nitrogen and oxygen atoms in total. The molecule has 4 heteroatoms. The third-order valence-corrected chi connectivity index (χ3v) is 2.22. The molecule has 64 valence electrons. The third kappa shape index (κ3) is 2.61. The molecular weight excluding hydrogens is 172 g/mol. The maximum absolute atomic E-state index is 6.62. The van der Waals surface area contributed by atoms with Crippen LogP contribution < -0.4 is 0 Å². The van der Waals surface area contributed by atoms with Gasteiger partial charge >= 0.3 is 0 Å². The molecule has 1 rings (SSSR count). The van der Waals surface area contributed by atoms with Gasteiger partial charge in [0.05, 0.1) is 18.7 Å². The van der Waals surface area contributed by atoms with E-state index in [1.807, 2.05) is 5.38 Å². The summed E-state index contributed by atoms with van der Waals surface area (Å²) in [5.74, 6) is 0. The molecule has 1 heterocycles. The lowest BCUT2D eigenvalue weighted by Crippen LogP contribution is -1.90. The Bertz CT molecular complexity index is 277. The molecule has 0 aliphatic carbocycles. The van der Waals surface area contributed by atoms with Crippen molar-refractivity contribution >= 4 is 11.3 Å². The number of methoxy groups -OCH3 is 1. The van der Waals surface area contributed by atoms with Gasteiger partial charge in [-0.1, -0.05) is 0 Å². The van der Waals surface area contributed by atoms with Crippen LogP contribution in [0, 0.1) is 6.57 Å². The minimum atomic E-state index is 0.524. The Morgan fingerprint density at radius 3 is 3.25 bits per heavy atom. The van der Waals surface area contributed by atoms with E-state index in [-0.39, 0.29) is 0 Å². The van der Waals surface area contributed by atoms with Gasteiger partial charge in [0.25, 0.3) is 0 Å². The Balaban J connectivity index is 2.47. The molecule has 0 N–H and O–H groups in total. The number of nitrogens with zero attached hydrogens (tertiary/aromatic N) is 2. The quantitative estimate of drug-likeness (QED) is 0.663. The second-order valence-corrected chi connectivity index (χ2v) is 3.24. The van der Waals surface area contributed by atoms with E-state index in [0.717, 1.165) is 17.1 Å². The highest BCUT2D eigenvalue weighted by atomic mass is 32.1. The van der Waals surface area contributed by atoms with Crippen molar-refractivity contribution in [1.29, 1.82) is 0 Å². The summed E-state index contributed by atoms with van der Waals surface area (Å²) in [4.78, 5) is 7.56. The van der Waals surface area contributed by atoms with Crippen molar-refractivity contribution in [3.8, 4) is 0 Å². The van der Waals surface area contributed by atoms with E-state index in [0.29, 0.717) is 13.2 Å². The summed E-state index contributed by atoms with van der Waals surface area (Å²) in [5, 5.41) is 2.97. The van der Waals surface area contributed by atoms with Gasteiger partial charge in [0.1, 0.15) is 5.01 Å². The summed E-state index contributed by atoms with van der Waals surface area (Å²) in [6.07, 6.45) is 0.754. The zero-order valence-electron chi connectivity index (χ0n) is 6.91. The first kappa shape index (κ1) is 9.17. The lowest BCUT2D eigenvalue weighted by Gasteiger charge is -1.89. The molecule has 0 aliphatic heterocycles. The molecule has 1 aromatic heterocycles. The van der Waals surface area contributed by atoms with E-state index in [9.17, 15) is 0 Å². The third-order valence-electron chi connectivity index (χ3n) is 1.35. The van der Waals surface area contributed by atoms with E-state index >= 15 is 0 Å². The molecule has 0 unspecified atom stereocenters. The number of aromatic nitrogens is 1. The molecule has 0 amide bonds. The van der Waals surface area contributed by atoms with Gasteiger partial charge in [0.2, 0.25) is 6.54 Å². The number of hydrogen-bond acceptors (Lipinski definition) is 3. The van der Waals surface area contributed by atoms with Gasteiger partial charge in [0, 0.05) is 12.5 Å². The summed E-state index contributed by atoms with van der Waals surface area (Å²) >= 11 is 1.59. The fraction of sp³-hybridized carbons (Fsp3) is 0.500. The Morgan fingerprint density at radius 2 is 2.58 bits per heavy atom. The number of thiazole rings is 1. The van der Waals surface area contributed by atoms with Crippen molar-refractivity contribution in [3.05, 3.63) is 27.5 Å². The van der Waals surface area contributed by atoms with Gasteiger partial charge in [-0.25, -0.2) is 11.6 Å². The molecular formula is C8H10N2OS. The van der Waals surface area contributed by atoms with Crippen LogP contribution in [0.3, 0.4) is 0 Å². The predicted octanol–water partition coefficient (Wildman–Crippen LogP) is 1.75. The first-order valence-corrected chi connectivity index (χ1v) is 4.50. The summed E-state index contributed by atoms with van der Waals surface area (Å²) in [6, 6.07) is 0. The average Bonchev–Trinajstić information content (AvgIpc) is 2.50. The van der Waals surface area contributed by atoms with Crippen LogP contribution in [0.4, 0.5) is 0 Å². The lowest BCUT2D eigenvalue weighted by molar-refractivity contribution is 0.184. The van der Waals surface area contributed by atoms with E-state index in [1.165, 1.54) is 0 Å². The van der Waals surface area contributed by atoms with E-state index in [2.05, 4.69) is 9.83 Å². The highest BCUT2D eigenvalue weighted by Crippen LogP contribution is 2.10. The Labute approximate surface area is 75.8 Å². The van der Waals surface area contributed by atoms with E-state index in [4.69, 9.17) is 11.3 Å². The van der Waals surface area contributed by atoms with Crippen LogP contribution in [-0.4, -0.2) is 18.6 Å². The zero-order valence-corrected chi connectivity index (χ0v) is 7.73. The Kier molecular flexibility index (Phi) is 3.71. The van der Waals surface area contributed by atoms with Gasteiger partial charge in [-0.15, -0.1) is 11.3 Å². The molecule has 0 atom stereocenters. The number of ether oxygens (including phenoxy) is 1. The molecule has 0 aliphatic rings. The van der Waals surface area contributed by atoms with Crippen LogP contribution in [0.25, 0.3) is 4.85 Å². The van der Waals surface area contributed by atoms with Gasteiger partial charge < -0.3 is 9.58 Å². The maximum atomic E-state index is 6.62. The summed E-state index contributed by atoms with van der Waals surface area (Å²) in [7, 11) is 1.65. The fourth-order valence-electron chi connectivity index (χ4n) is 0.824. The van der Waals surface area contributed by atoms with Crippen molar-refractivity contribution in [3.63, 3.8) is 0 Å². The van der Waals surface area contributed by atoms with Crippen molar-refractivity contribution < 1.29 is 4.74 Å². The largest absolute Gasteiger partial charge is 0.378 e. The minimum absolute atomic E-state index is 0.524. The van der Waals surface area contributed by atoms with Crippen molar-refractivity contribution in [2.45, 2.75) is 13.0 Å². The molecule has 0 spiro atoms. The Hall–Kier alpha value is -0.920. The normalized spacial score (nSPS) is 9.67. The molecule has 0 saturated carbocycles. The lowest BCUT2D eigenvalue weighted by atomic mass is 10.3. The summed E-state index contributed by atoms with van der Waals surface area (Å²) in [6.45, 7) is 7.71. The van der Waals surface area contributed by atoms with Crippen molar-refractivity contribution in [1.82, 2.24) is 4.98 Å². The van der Waals surface area contributed by atoms with Crippen LogP contribution in [0.5, 0.6) is 0 Å². The van der Waals surface area contributed by atoms with Gasteiger partial charge in [0.15, 0.2) is 0 Å². The second-order valence-electron chi connectivity index (χ2n) is 2.30. The summed E-state index contributed by atoms with van der Waals surface area (Å²) in [5.41, 5.74) is 1.00. The molecule has 0 radical (unpaired) electrons. The Morgan fingerprint density at radius 1 is 1.75 bits per heavy atom. The van der Waals surface area contributed by atoms with Crippen LogP contribution in [0.1, 0.15) is 10.7 Å². The van der Waals surface area contributed by atoms with Crippen LogP contribution in [-0.2, 0) is 17.8 Å². The zero-order chi connectivity index (χ0) is 8.81. The average molecular weight is 182 g/mol. The topological polar surface area (TPSA) is 26.5 Å².